The third kappa shape index (κ3) is 3.29. The van der Waals surface area contributed by atoms with Crippen molar-refractivity contribution in [3.63, 3.8) is 0 Å². The second kappa shape index (κ2) is 6.64. The Bertz CT molecular complexity index is 631. The van der Waals surface area contributed by atoms with Crippen molar-refractivity contribution in [3.05, 3.63) is 29.8 Å². The summed E-state index contributed by atoms with van der Waals surface area (Å²) in [7, 11) is 4.33. The van der Waals surface area contributed by atoms with Crippen molar-refractivity contribution in [2.45, 2.75) is 63.1 Å². The molecule has 1 aliphatic heterocycles. The average Bonchev–Trinajstić information content (AvgIpc) is 2.70. The molecule has 2 aliphatic carbocycles. The van der Waals surface area contributed by atoms with Crippen LogP contribution in [0.5, 0.6) is 5.75 Å². The van der Waals surface area contributed by atoms with Gasteiger partial charge in [-0.15, -0.1) is 0 Å². The Morgan fingerprint density at radius 3 is 2.52 bits per heavy atom. The number of benzene rings is 1. The van der Waals surface area contributed by atoms with Crippen LogP contribution in [0.4, 0.5) is 0 Å². The van der Waals surface area contributed by atoms with Gasteiger partial charge in [-0.2, -0.15) is 0 Å². The minimum Gasteiger partial charge on any atom is -0.485 e. The molecule has 136 valence electrons. The van der Waals surface area contributed by atoms with Crippen LogP contribution in [-0.4, -0.2) is 48.0 Å². The molecule has 2 fully saturated rings. The van der Waals surface area contributed by atoms with Crippen LogP contribution in [0.1, 0.15) is 50.5 Å². The zero-order valence-corrected chi connectivity index (χ0v) is 15.5. The molecule has 0 unspecified atom stereocenters. The van der Waals surface area contributed by atoms with Gasteiger partial charge in [0.05, 0.1) is 6.54 Å². The molecule has 4 heteroatoms. The monoisotopic (exact) mass is 342 g/mol. The molecule has 1 heterocycles. The Labute approximate surface area is 151 Å². The van der Waals surface area contributed by atoms with E-state index >= 15 is 0 Å². The van der Waals surface area contributed by atoms with Gasteiger partial charge in [0, 0.05) is 24.1 Å². The summed E-state index contributed by atoms with van der Waals surface area (Å²) in [5.41, 5.74) is 0.945. The van der Waals surface area contributed by atoms with Crippen molar-refractivity contribution < 1.29 is 9.53 Å². The maximum Gasteiger partial charge on any atom is 0.226 e. The lowest BCUT2D eigenvalue weighted by molar-refractivity contribution is -0.142. The standard InChI is InChI=1S/C21H30N2O2/c1-22(2)18-10-12-21(13-11-18)15-23(20(24)16-7-5-8-16)14-17-6-3-4-9-19(17)25-21/h3-4,6,9,16,18H,5,7-8,10-15H2,1-2H3. The molecular weight excluding hydrogens is 312 g/mol. The van der Waals surface area contributed by atoms with Crippen LogP contribution in [0.2, 0.25) is 0 Å². The largest absolute Gasteiger partial charge is 0.485 e. The van der Waals surface area contributed by atoms with Crippen molar-refractivity contribution in [1.29, 1.82) is 0 Å². The highest BCUT2D eigenvalue weighted by Crippen LogP contribution is 2.40. The minimum absolute atomic E-state index is 0.210. The van der Waals surface area contributed by atoms with Gasteiger partial charge >= 0.3 is 0 Å². The van der Waals surface area contributed by atoms with E-state index in [-0.39, 0.29) is 11.5 Å². The lowest BCUT2D eigenvalue weighted by Gasteiger charge is -2.43. The number of amides is 1. The predicted octanol–water partition coefficient (Wildman–Crippen LogP) is 3.45. The maximum atomic E-state index is 13.0. The number of nitrogens with zero attached hydrogens (tertiary/aromatic N) is 2. The zero-order valence-electron chi connectivity index (χ0n) is 15.5. The molecule has 1 spiro atoms. The van der Waals surface area contributed by atoms with Gasteiger partial charge < -0.3 is 14.5 Å². The van der Waals surface area contributed by atoms with Crippen LogP contribution in [0, 0.1) is 5.92 Å². The lowest BCUT2D eigenvalue weighted by Crippen LogP contribution is -2.52. The normalized spacial score (nSPS) is 29.7. The van der Waals surface area contributed by atoms with Gasteiger partial charge in [-0.3, -0.25) is 4.79 Å². The first-order valence-corrected chi connectivity index (χ1v) is 9.78. The van der Waals surface area contributed by atoms with E-state index < -0.39 is 0 Å². The highest BCUT2D eigenvalue weighted by molar-refractivity contribution is 5.80. The zero-order chi connectivity index (χ0) is 17.4. The summed E-state index contributed by atoms with van der Waals surface area (Å²) in [5.74, 6) is 1.58. The first kappa shape index (κ1) is 16.9. The third-order valence-electron chi connectivity index (χ3n) is 6.50. The number of fused-ring (bicyclic) bond motifs is 1. The second-order valence-electron chi connectivity index (χ2n) is 8.41. The van der Waals surface area contributed by atoms with E-state index in [1.165, 1.54) is 6.42 Å². The van der Waals surface area contributed by atoms with E-state index in [0.717, 1.165) is 56.4 Å². The molecule has 2 saturated carbocycles. The lowest BCUT2D eigenvalue weighted by atomic mass is 9.80. The van der Waals surface area contributed by atoms with E-state index in [1.54, 1.807) is 0 Å². The fourth-order valence-corrected chi connectivity index (χ4v) is 4.58. The van der Waals surface area contributed by atoms with E-state index in [9.17, 15) is 4.79 Å². The molecule has 1 aromatic carbocycles. The first-order valence-electron chi connectivity index (χ1n) is 9.78. The van der Waals surface area contributed by atoms with Crippen LogP contribution < -0.4 is 4.74 Å². The Morgan fingerprint density at radius 2 is 1.88 bits per heavy atom. The third-order valence-corrected chi connectivity index (χ3v) is 6.50. The van der Waals surface area contributed by atoms with Gasteiger partial charge in [0.1, 0.15) is 11.4 Å². The van der Waals surface area contributed by atoms with Crippen molar-refractivity contribution in [2.75, 3.05) is 20.6 Å². The van der Waals surface area contributed by atoms with Gasteiger partial charge in [-0.05, 0) is 58.7 Å². The minimum atomic E-state index is -0.210. The molecule has 0 saturated heterocycles. The summed E-state index contributed by atoms with van der Waals surface area (Å²) in [5, 5.41) is 0. The van der Waals surface area contributed by atoms with Gasteiger partial charge in [-0.25, -0.2) is 0 Å². The number of ether oxygens (including phenoxy) is 1. The highest BCUT2D eigenvalue weighted by atomic mass is 16.5. The molecule has 0 bridgehead atoms. The molecule has 4 rings (SSSR count). The fourth-order valence-electron chi connectivity index (χ4n) is 4.58. The Hall–Kier alpha value is -1.55. The van der Waals surface area contributed by atoms with E-state index in [4.69, 9.17) is 4.74 Å². The molecule has 0 N–H and O–H groups in total. The predicted molar refractivity (Wildman–Crippen MR) is 98.5 cm³/mol. The van der Waals surface area contributed by atoms with Gasteiger partial charge in [0.15, 0.2) is 0 Å². The number of para-hydroxylation sites is 1. The van der Waals surface area contributed by atoms with Crippen LogP contribution in [0.15, 0.2) is 24.3 Å². The Balaban J connectivity index is 1.59. The summed E-state index contributed by atoms with van der Waals surface area (Å²) in [6.45, 7) is 1.45. The molecule has 0 radical (unpaired) electrons. The summed E-state index contributed by atoms with van der Waals surface area (Å²) in [4.78, 5) is 17.4. The van der Waals surface area contributed by atoms with Crippen LogP contribution in [0.3, 0.4) is 0 Å². The highest BCUT2D eigenvalue weighted by Gasteiger charge is 2.43. The summed E-state index contributed by atoms with van der Waals surface area (Å²) in [6, 6.07) is 8.91. The quantitative estimate of drug-likeness (QED) is 0.825. The summed E-state index contributed by atoms with van der Waals surface area (Å²) in [6.07, 6.45) is 7.66. The van der Waals surface area contributed by atoms with E-state index in [0.29, 0.717) is 18.5 Å². The number of rotatable bonds is 2. The van der Waals surface area contributed by atoms with Crippen LogP contribution in [-0.2, 0) is 11.3 Å². The SMILES string of the molecule is CN(C)C1CCC2(CC1)CN(C(=O)C1CCC1)Cc1ccccc1O2. The molecular formula is C21H30N2O2. The first-order chi connectivity index (χ1) is 12.1. The maximum absolute atomic E-state index is 13.0. The smallest absolute Gasteiger partial charge is 0.226 e. The molecule has 3 aliphatic rings. The molecule has 0 aromatic heterocycles. The Morgan fingerprint density at radius 1 is 1.16 bits per heavy atom. The topological polar surface area (TPSA) is 32.8 Å². The van der Waals surface area contributed by atoms with Gasteiger partial charge in [0.2, 0.25) is 5.91 Å². The molecule has 0 atom stereocenters. The van der Waals surface area contributed by atoms with Crippen LogP contribution in [0.25, 0.3) is 0 Å². The number of carbonyl (C=O) groups is 1. The van der Waals surface area contributed by atoms with Gasteiger partial charge in [-0.1, -0.05) is 24.6 Å². The molecule has 25 heavy (non-hydrogen) atoms. The number of hydrogen-bond donors (Lipinski definition) is 0. The summed E-state index contributed by atoms with van der Waals surface area (Å²) < 4.78 is 6.61. The van der Waals surface area contributed by atoms with Crippen molar-refractivity contribution in [1.82, 2.24) is 9.80 Å². The second-order valence-corrected chi connectivity index (χ2v) is 8.41. The number of carbonyl (C=O) groups excluding carboxylic acids is 1. The molecule has 1 amide bonds. The average molecular weight is 342 g/mol. The fraction of sp³-hybridized carbons (Fsp3) is 0.667. The Kier molecular flexibility index (Phi) is 4.48. The molecule has 4 nitrogen and oxygen atoms in total. The van der Waals surface area contributed by atoms with Crippen molar-refractivity contribution in [2.24, 2.45) is 5.92 Å². The number of hydrogen-bond acceptors (Lipinski definition) is 3. The van der Waals surface area contributed by atoms with E-state index in [1.807, 2.05) is 6.07 Å². The molecule has 1 aromatic rings. The van der Waals surface area contributed by atoms with Crippen LogP contribution >= 0.6 is 0 Å². The summed E-state index contributed by atoms with van der Waals surface area (Å²) >= 11 is 0. The van der Waals surface area contributed by atoms with Gasteiger partial charge in [0.25, 0.3) is 0 Å². The van der Waals surface area contributed by atoms with Crippen molar-refractivity contribution >= 4 is 5.91 Å². The van der Waals surface area contributed by atoms with Crippen molar-refractivity contribution in [3.8, 4) is 5.75 Å². The van der Waals surface area contributed by atoms with E-state index in [2.05, 4.69) is 42.1 Å².